The van der Waals surface area contributed by atoms with Crippen molar-refractivity contribution in [1.29, 1.82) is 0 Å². The van der Waals surface area contributed by atoms with Crippen LogP contribution in [0.5, 0.6) is 0 Å². The van der Waals surface area contributed by atoms with Crippen molar-refractivity contribution in [2.24, 2.45) is 0 Å². The summed E-state index contributed by atoms with van der Waals surface area (Å²) in [4.78, 5) is 26.4. The predicted molar refractivity (Wildman–Crippen MR) is 105 cm³/mol. The highest BCUT2D eigenvalue weighted by molar-refractivity contribution is 7.93. The smallest absolute Gasteiger partial charge is 0.339 e. The van der Waals surface area contributed by atoms with Crippen LogP contribution in [0, 0.1) is 0 Å². The quantitative estimate of drug-likeness (QED) is 0.716. The molecule has 3 rings (SSSR count). The van der Waals surface area contributed by atoms with Gasteiger partial charge in [-0.25, -0.2) is 13.2 Å². The second-order valence-electron chi connectivity index (χ2n) is 6.72. The van der Waals surface area contributed by atoms with Crippen molar-refractivity contribution >= 4 is 27.6 Å². The Morgan fingerprint density at radius 1 is 1.04 bits per heavy atom. The zero-order chi connectivity index (χ0) is 20.3. The van der Waals surface area contributed by atoms with E-state index in [1.807, 2.05) is 6.07 Å². The monoisotopic (exact) mass is 402 g/mol. The molecule has 0 N–H and O–H groups in total. The van der Waals surface area contributed by atoms with Gasteiger partial charge in [-0.3, -0.25) is 9.10 Å². The van der Waals surface area contributed by atoms with Gasteiger partial charge in [0.15, 0.2) is 0 Å². The maximum Gasteiger partial charge on any atom is 0.339 e. The number of likely N-dealkylation sites (N-methyl/N-ethyl adjacent to an activating group) is 1. The zero-order valence-electron chi connectivity index (χ0n) is 15.7. The summed E-state index contributed by atoms with van der Waals surface area (Å²) in [5, 5.41) is 0. The molecule has 1 heterocycles. The predicted octanol–water partition coefficient (Wildman–Crippen LogP) is 2.21. The number of esters is 1. The molecule has 28 heavy (non-hydrogen) atoms. The maximum atomic E-state index is 12.6. The number of sulfonamides is 1. The van der Waals surface area contributed by atoms with E-state index in [-0.39, 0.29) is 17.2 Å². The van der Waals surface area contributed by atoms with Gasteiger partial charge in [0.1, 0.15) is 0 Å². The average molecular weight is 402 g/mol. The first-order valence-electron chi connectivity index (χ1n) is 8.87. The van der Waals surface area contributed by atoms with Crippen LogP contribution in [0.4, 0.5) is 5.69 Å². The first-order chi connectivity index (χ1) is 13.3. The lowest BCUT2D eigenvalue weighted by atomic mass is 10.1. The third-order valence-corrected chi connectivity index (χ3v) is 6.35. The van der Waals surface area contributed by atoms with Gasteiger partial charge in [-0.1, -0.05) is 30.3 Å². The molecule has 2 aromatic rings. The second kappa shape index (κ2) is 8.02. The fourth-order valence-electron chi connectivity index (χ4n) is 2.99. The summed E-state index contributed by atoms with van der Waals surface area (Å²) in [5.41, 5.74) is 1.33. The highest BCUT2D eigenvalue weighted by Crippen LogP contribution is 2.26. The van der Waals surface area contributed by atoms with Gasteiger partial charge in [0, 0.05) is 26.2 Å². The minimum Gasteiger partial charge on any atom is -0.444 e. The van der Waals surface area contributed by atoms with Crippen molar-refractivity contribution < 1.29 is 22.7 Å². The number of nitrogens with zero attached hydrogens (tertiary/aromatic N) is 2. The number of rotatable bonds is 5. The summed E-state index contributed by atoms with van der Waals surface area (Å²) in [6.07, 6.45) is -0.473. The Morgan fingerprint density at radius 2 is 1.68 bits per heavy atom. The van der Waals surface area contributed by atoms with Crippen LogP contribution < -0.4 is 4.31 Å². The first-order valence-corrected chi connectivity index (χ1v) is 10.5. The number of ether oxygens (including phenoxy) is 1. The Bertz CT molecular complexity index is 956. The summed E-state index contributed by atoms with van der Waals surface area (Å²) in [7, 11) is -0.0928. The Kier molecular flexibility index (Phi) is 5.69. The Labute approximate surface area is 164 Å². The molecule has 1 amide bonds. The summed E-state index contributed by atoms with van der Waals surface area (Å²) in [6, 6.07) is 15.0. The van der Waals surface area contributed by atoms with Crippen molar-refractivity contribution in [2.75, 3.05) is 30.7 Å². The maximum absolute atomic E-state index is 12.6. The topological polar surface area (TPSA) is 84.0 Å². The van der Waals surface area contributed by atoms with Crippen LogP contribution in [0.3, 0.4) is 0 Å². The number of hydrogen-bond donors (Lipinski definition) is 0. The molecule has 1 aliphatic heterocycles. The van der Waals surface area contributed by atoms with Crippen molar-refractivity contribution in [1.82, 2.24) is 4.90 Å². The van der Waals surface area contributed by atoms with E-state index < -0.39 is 22.1 Å². The van der Waals surface area contributed by atoms with Crippen molar-refractivity contribution in [3.8, 4) is 0 Å². The average Bonchev–Trinajstić information content (AvgIpc) is 3.05. The largest absolute Gasteiger partial charge is 0.444 e. The van der Waals surface area contributed by atoms with Gasteiger partial charge in [-0.2, -0.15) is 0 Å². The van der Waals surface area contributed by atoms with Crippen LogP contribution in [-0.4, -0.2) is 51.6 Å². The number of anilines is 1. The van der Waals surface area contributed by atoms with E-state index in [0.29, 0.717) is 24.2 Å². The van der Waals surface area contributed by atoms with Gasteiger partial charge in [0.25, 0.3) is 5.91 Å². The third-order valence-electron chi connectivity index (χ3n) is 4.48. The van der Waals surface area contributed by atoms with Crippen LogP contribution >= 0.6 is 0 Å². The van der Waals surface area contributed by atoms with E-state index in [1.54, 1.807) is 50.5 Å². The fraction of sp³-hybridized carbons (Fsp3) is 0.300. The SMILES string of the molecule is CN(C)C(=O)[C@H](OC(=O)c1ccc(N2CCCS2(=O)=O)cc1)c1ccccc1. The van der Waals surface area contributed by atoms with Crippen molar-refractivity contribution in [3.63, 3.8) is 0 Å². The van der Waals surface area contributed by atoms with E-state index in [9.17, 15) is 18.0 Å². The number of benzene rings is 2. The van der Waals surface area contributed by atoms with Crippen LogP contribution in [0.2, 0.25) is 0 Å². The number of carbonyl (C=O) groups excluding carboxylic acids is 2. The Balaban J connectivity index is 1.79. The Hall–Kier alpha value is -2.87. The molecule has 2 aromatic carbocycles. The molecular formula is C20H22N2O5S. The molecule has 1 atom stereocenters. The summed E-state index contributed by atoms with van der Waals surface area (Å²) < 4.78 is 30.9. The van der Waals surface area contributed by atoms with E-state index in [1.165, 1.54) is 21.3 Å². The van der Waals surface area contributed by atoms with Crippen LogP contribution in [0.15, 0.2) is 54.6 Å². The van der Waals surface area contributed by atoms with Gasteiger partial charge in [-0.15, -0.1) is 0 Å². The minimum absolute atomic E-state index is 0.127. The standard InChI is InChI=1S/C20H22N2O5S/c1-21(2)19(23)18(15-7-4-3-5-8-15)27-20(24)16-9-11-17(12-10-16)22-13-6-14-28(22,25)26/h3-5,7-12,18H,6,13-14H2,1-2H3/t18-/m1/s1. The van der Waals surface area contributed by atoms with E-state index in [2.05, 4.69) is 0 Å². The lowest BCUT2D eigenvalue weighted by Gasteiger charge is -2.21. The van der Waals surface area contributed by atoms with Gasteiger partial charge < -0.3 is 9.64 Å². The summed E-state index contributed by atoms with van der Waals surface area (Å²) >= 11 is 0. The number of amides is 1. The zero-order valence-corrected chi connectivity index (χ0v) is 16.6. The molecule has 0 aliphatic carbocycles. The normalized spacial score (nSPS) is 16.4. The molecule has 0 saturated carbocycles. The van der Waals surface area contributed by atoms with Crippen LogP contribution in [0.1, 0.15) is 28.4 Å². The molecule has 1 aliphatic rings. The van der Waals surface area contributed by atoms with E-state index in [0.717, 1.165) is 0 Å². The van der Waals surface area contributed by atoms with Gasteiger partial charge in [0.2, 0.25) is 16.1 Å². The van der Waals surface area contributed by atoms with Crippen LogP contribution in [-0.2, 0) is 19.6 Å². The lowest BCUT2D eigenvalue weighted by molar-refractivity contribution is -0.138. The highest BCUT2D eigenvalue weighted by atomic mass is 32.2. The molecule has 8 heteroatoms. The first kappa shape index (κ1) is 19.9. The number of hydrogen-bond acceptors (Lipinski definition) is 5. The molecule has 148 valence electrons. The van der Waals surface area contributed by atoms with Gasteiger partial charge in [-0.05, 0) is 30.7 Å². The minimum atomic E-state index is -3.28. The molecule has 0 spiro atoms. The number of carbonyl (C=O) groups is 2. The summed E-state index contributed by atoms with van der Waals surface area (Å²) in [5.74, 6) is -0.874. The van der Waals surface area contributed by atoms with Crippen molar-refractivity contribution in [2.45, 2.75) is 12.5 Å². The van der Waals surface area contributed by atoms with Gasteiger partial charge >= 0.3 is 5.97 Å². The molecule has 0 bridgehead atoms. The van der Waals surface area contributed by atoms with Crippen LogP contribution in [0.25, 0.3) is 0 Å². The molecular weight excluding hydrogens is 380 g/mol. The molecule has 1 saturated heterocycles. The molecule has 0 radical (unpaired) electrons. The Morgan fingerprint density at radius 3 is 2.21 bits per heavy atom. The third kappa shape index (κ3) is 4.17. The highest BCUT2D eigenvalue weighted by Gasteiger charge is 2.29. The van der Waals surface area contributed by atoms with E-state index >= 15 is 0 Å². The molecule has 0 aromatic heterocycles. The summed E-state index contributed by atoms with van der Waals surface area (Å²) in [6.45, 7) is 0.430. The van der Waals surface area contributed by atoms with Crippen molar-refractivity contribution in [3.05, 3.63) is 65.7 Å². The fourth-order valence-corrected chi connectivity index (χ4v) is 4.56. The van der Waals surface area contributed by atoms with E-state index in [4.69, 9.17) is 4.74 Å². The molecule has 1 fully saturated rings. The molecule has 0 unspecified atom stereocenters. The lowest BCUT2D eigenvalue weighted by Crippen LogP contribution is -2.31. The van der Waals surface area contributed by atoms with Gasteiger partial charge in [0.05, 0.1) is 17.0 Å². The second-order valence-corrected chi connectivity index (χ2v) is 8.73. The molecule has 7 nitrogen and oxygen atoms in total.